The van der Waals surface area contributed by atoms with Gasteiger partial charge in [0.05, 0.1) is 0 Å². The van der Waals surface area contributed by atoms with Gasteiger partial charge < -0.3 is 14.3 Å². The van der Waals surface area contributed by atoms with Crippen LogP contribution in [-0.4, -0.2) is 5.97 Å². The van der Waals surface area contributed by atoms with E-state index in [1.54, 1.807) is 13.8 Å². The zero-order valence-corrected chi connectivity index (χ0v) is 5.80. The summed E-state index contributed by atoms with van der Waals surface area (Å²) in [6.45, 7) is 3.49. The van der Waals surface area contributed by atoms with Crippen molar-refractivity contribution in [3.05, 3.63) is 23.2 Å². The smallest absolute Gasteiger partial charge is 0.149 e. The number of hydrogen-bond acceptors (Lipinski definition) is 3. The second-order valence-corrected chi connectivity index (χ2v) is 2.14. The molecular formula is C7H7O3-. The van der Waals surface area contributed by atoms with E-state index in [0.29, 0.717) is 5.76 Å². The van der Waals surface area contributed by atoms with Gasteiger partial charge in [-0.1, -0.05) is 0 Å². The Morgan fingerprint density at radius 1 is 1.60 bits per heavy atom. The summed E-state index contributed by atoms with van der Waals surface area (Å²) in [4.78, 5) is 10.2. The molecule has 3 heteroatoms. The van der Waals surface area contributed by atoms with Crippen LogP contribution in [0, 0.1) is 13.8 Å². The van der Waals surface area contributed by atoms with E-state index >= 15 is 0 Å². The molecule has 0 aromatic carbocycles. The predicted octanol–water partition coefficient (Wildman–Crippen LogP) is 0.260. The van der Waals surface area contributed by atoms with Crippen LogP contribution < -0.4 is 5.11 Å². The van der Waals surface area contributed by atoms with Gasteiger partial charge in [-0.3, -0.25) is 0 Å². The fourth-order valence-corrected chi connectivity index (χ4v) is 0.674. The molecule has 0 saturated heterocycles. The molecule has 0 atom stereocenters. The van der Waals surface area contributed by atoms with E-state index in [0.717, 1.165) is 5.56 Å². The highest BCUT2D eigenvalue weighted by Gasteiger charge is 2.02. The highest BCUT2D eigenvalue weighted by Crippen LogP contribution is 2.11. The molecule has 0 aliphatic rings. The first kappa shape index (κ1) is 6.86. The van der Waals surface area contributed by atoms with E-state index in [1.807, 2.05) is 0 Å². The molecule has 0 spiro atoms. The maximum Gasteiger partial charge on any atom is 0.149 e. The van der Waals surface area contributed by atoms with Crippen LogP contribution in [0.4, 0.5) is 0 Å². The molecule has 54 valence electrons. The van der Waals surface area contributed by atoms with Gasteiger partial charge in [-0.15, -0.1) is 0 Å². The van der Waals surface area contributed by atoms with Crippen LogP contribution in [0.5, 0.6) is 0 Å². The monoisotopic (exact) mass is 139 g/mol. The van der Waals surface area contributed by atoms with Crippen LogP contribution in [0.15, 0.2) is 10.5 Å². The quantitative estimate of drug-likeness (QED) is 0.560. The van der Waals surface area contributed by atoms with Crippen LogP contribution >= 0.6 is 0 Å². The zero-order valence-electron chi connectivity index (χ0n) is 5.80. The Bertz CT molecular complexity index is 240. The van der Waals surface area contributed by atoms with Gasteiger partial charge in [0.15, 0.2) is 0 Å². The van der Waals surface area contributed by atoms with Gasteiger partial charge in [0.1, 0.15) is 17.5 Å². The lowest BCUT2D eigenvalue weighted by Gasteiger charge is -1.92. The number of carboxylic acids is 1. The van der Waals surface area contributed by atoms with Crippen LogP contribution in [0.1, 0.15) is 21.9 Å². The lowest BCUT2D eigenvalue weighted by Crippen LogP contribution is -2.21. The Morgan fingerprint density at radius 2 is 2.20 bits per heavy atom. The van der Waals surface area contributed by atoms with Crippen molar-refractivity contribution in [3.8, 4) is 0 Å². The minimum Gasteiger partial charge on any atom is -0.542 e. The second-order valence-electron chi connectivity index (χ2n) is 2.14. The zero-order chi connectivity index (χ0) is 7.72. The van der Waals surface area contributed by atoms with Crippen molar-refractivity contribution < 1.29 is 14.3 Å². The van der Waals surface area contributed by atoms with Crippen molar-refractivity contribution >= 4 is 5.97 Å². The lowest BCUT2D eigenvalue weighted by molar-refractivity contribution is -0.257. The Kier molecular flexibility index (Phi) is 1.49. The van der Waals surface area contributed by atoms with E-state index in [9.17, 15) is 9.90 Å². The summed E-state index contributed by atoms with van der Waals surface area (Å²) in [5.41, 5.74) is 0.833. The normalized spacial score (nSPS) is 9.80. The number of carboxylic acid groups (broad SMARTS) is 1. The lowest BCUT2D eigenvalue weighted by atomic mass is 10.3. The van der Waals surface area contributed by atoms with Crippen molar-refractivity contribution in [3.63, 3.8) is 0 Å². The summed E-state index contributed by atoms with van der Waals surface area (Å²) in [5.74, 6) is -0.745. The second kappa shape index (κ2) is 2.17. The molecule has 0 radical (unpaired) electrons. The summed E-state index contributed by atoms with van der Waals surface area (Å²) in [5, 5.41) is 10.2. The van der Waals surface area contributed by atoms with Crippen LogP contribution in [0.25, 0.3) is 0 Å². The molecule has 1 aromatic rings. The molecule has 0 bridgehead atoms. The van der Waals surface area contributed by atoms with Crippen molar-refractivity contribution in [1.82, 2.24) is 0 Å². The average Bonchev–Trinajstić information content (AvgIpc) is 2.13. The molecule has 1 aromatic heterocycles. The SMILES string of the molecule is Cc1cc(C(=O)[O-])oc1C. The Balaban J connectivity index is 3.10. The molecule has 0 amide bonds. The molecule has 10 heavy (non-hydrogen) atoms. The van der Waals surface area contributed by atoms with E-state index < -0.39 is 5.97 Å². The van der Waals surface area contributed by atoms with Crippen molar-refractivity contribution in [2.45, 2.75) is 13.8 Å². The largest absolute Gasteiger partial charge is 0.542 e. The molecule has 0 unspecified atom stereocenters. The van der Waals surface area contributed by atoms with Crippen LogP contribution in [0.3, 0.4) is 0 Å². The minimum atomic E-state index is -1.27. The van der Waals surface area contributed by atoms with Crippen LogP contribution in [0.2, 0.25) is 0 Å². The maximum atomic E-state index is 10.2. The number of rotatable bonds is 1. The van der Waals surface area contributed by atoms with Gasteiger partial charge in [0.25, 0.3) is 0 Å². The molecule has 0 saturated carbocycles. The molecule has 0 fully saturated rings. The first-order valence-corrected chi connectivity index (χ1v) is 2.89. The number of aromatic carboxylic acids is 1. The van der Waals surface area contributed by atoms with Gasteiger partial charge in [0.2, 0.25) is 0 Å². The van der Waals surface area contributed by atoms with E-state index in [2.05, 4.69) is 0 Å². The average molecular weight is 139 g/mol. The molecule has 0 N–H and O–H groups in total. The van der Waals surface area contributed by atoms with Gasteiger partial charge >= 0.3 is 0 Å². The van der Waals surface area contributed by atoms with Gasteiger partial charge in [-0.05, 0) is 25.5 Å². The molecular weight excluding hydrogens is 132 g/mol. The highest BCUT2D eigenvalue weighted by atomic mass is 16.4. The molecule has 0 aliphatic heterocycles. The number of aryl methyl sites for hydroxylation is 2. The van der Waals surface area contributed by atoms with Gasteiger partial charge in [-0.2, -0.15) is 0 Å². The van der Waals surface area contributed by atoms with Crippen LogP contribution in [-0.2, 0) is 0 Å². The number of carbonyl (C=O) groups is 1. The summed E-state index contributed by atoms with van der Waals surface area (Å²) in [6, 6.07) is 1.45. The Hall–Kier alpha value is -1.25. The summed E-state index contributed by atoms with van der Waals surface area (Å²) < 4.78 is 4.81. The van der Waals surface area contributed by atoms with Crippen molar-refractivity contribution in [2.24, 2.45) is 0 Å². The predicted molar refractivity (Wildman–Crippen MR) is 32.5 cm³/mol. The maximum absolute atomic E-state index is 10.2. The van der Waals surface area contributed by atoms with E-state index in [-0.39, 0.29) is 5.76 Å². The first-order valence-electron chi connectivity index (χ1n) is 2.89. The summed E-state index contributed by atoms with van der Waals surface area (Å²) >= 11 is 0. The van der Waals surface area contributed by atoms with E-state index in [4.69, 9.17) is 4.42 Å². The van der Waals surface area contributed by atoms with Crippen molar-refractivity contribution in [2.75, 3.05) is 0 Å². The fourth-order valence-electron chi connectivity index (χ4n) is 0.674. The topological polar surface area (TPSA) is 53.3 Å². The third-order valence-electron chi connectivity index (χ3n) is 1.37. The number of hydrogen-bond donors (Lipinski definition) is 0. The molecule has 1 rings (SSSR count). The Morgan fingerprint density at radius 3 is 2.40 bits per heavy atom. The third kappa shape index (κ3) is 1.03. The standard InChI is InChI=1S/C7H8O3/c1-4-3-6(7(8)9)10-5(4)2/h3H,1-2H3,(H,8,9)/p-1. The highest BCUT2D eigenvalue weighted by molar-refractivity contribution is 5.82. The van der Waals surface area contributed by atoms with Gasteiger partial charge in [-0.25, -0.2) is 0 Å². The summed E-state index contributed by atoms with van der Waals surface area (Å²) in [7, 11) is 0. The van der Waals surface area contributed by atoms with Gasteiger partial charge in [0, 0.05) is 0 Å². The molecule has 1 heterocycles. The third-order valence-corrected chi connectivity index (χ3v) is 1.37. The number of furan rings is 1. The minimum absolute atomic E-state index is 0.102. The number of carbonyl (C=O) groups excluding carboxylic acids is 1. The van der Waals surface area contributed by atoms with E-state index in [1.165, 1.54) is 6.07 Å². The molecule has 3 nitrogen and oxygen atoms in total. The molecule has 0 aliphatic carbocycles. The fraction of sp³-hybridized carbons (Fsp3) is 0.286. The summed E-state index contributed by atoms with van der Waals surface area (Å²) in [6.07, 6.45) is 0. The Labute approximate surface area is 58.3 Å². The first-order chi connectivity index (χ1) is 4.61. The van der Waals surface area contributed by atoms with Crippen molar-refractivity contribution in [1.29, 1.82) is 0 Å².